The van der Waals surface area contributed by atoms with Crippen LogP contribution < -0.4 is 5.56 Å². The molecule has 0 saturated carbocycles. The van der Waals surface area contributed by atoms with Crippen molar-refractivity contribution in [2.75, 3.05) is 6.61 Å². The molecule has 0 aliphatic carbocycles. The van der Waals surface area contributed by atoms with Crippen molar-refractivity contribution >= 4 is 21.6 Å². The first kappa shape index (κ1) is 12.8. The number of rotatable bonds is 2. The van der Waals surface area contributed by atoms with E-state index in [1.165, 1.54) is 11.3 Å². The van der Waals surface area contributed by atoms with Crippen molar-refractivity contribution in [2.45, 2.75) is 45.8 Å². The minimum atomic E-state index is 0.0704. The molecule has 102 valence electrons. The molecule has 2 aromatic heterocycles. The lowest BCUT2D eigenvalue weighted by Gasteiger charge is -2.23. The van der Waals surface area contributed by atoms with Crippen LogP contribution in [0.3, 0.4) is 0 Å². The molecule has 0 amide bonds. The second-order valence-electron chi connectivity index (χ2n) is 5.15. The average molecular weight is 278 g/mol. The van der Waals surface area contributed by atoms with E-state index in [9.17, 15) is 4.79 Å². The van der Waals surface area contributed by atoms with E-state index >= 15 is 0 Å². The van der Waals surface area contributed by atoms with E-state index in [4.69, 9.17) is 4.74 Å². The topological polar surface area (TPSA) is 44.1 Å². The fourth-order valence-corrected chi connectivity index (χ4v) is 3.56. The standard InChI is InChI=1S/C14H18N2O2S/c1-9-10(2)19-13-12(9)14(17)16(8-15-13)7-11-5-3-4-6-18-11/h8,11H,3-7H2,1-2H3. The molecule has 5 heteroatoms. The summed E-state index contributed by atoms with van der Waals surface area (Å²) in [5.41, 5.74) is 1.14. The Bertz CT molecular complexity index is 653. The van der Waals surface area contributed by atoms with Crippen molar-refractivity contribution in [3.8, 4) is 0 Å². The summed E-state index contributed by atoms with van der Waals surface area (Å²) < 4.78 is 7.41. The maximum absolute atomic E-state index is 12.5. The Morgan fingerprint density at radius 3 is 3.05 bits per heavy atom. The third-order valence-electron chi connectivity index (χ3n) is 3.83. The largest absolute Gasteiger partial charge is 0.376 e. The van der Waals surface area contributed by atoms with Gasteiger partial charge >= 0.3 is 0 Å². The van der Waals surface area contributed by atoms with Gasteiger partial charge in [-0.1, -0.05) is 0 Å². The number of fused-ring (bicyclic) bond motifs is 1. The zero-order chi connectivity index (χ0) is 13.4. The van der Waals surface area contributed by atoms with Gasteiger partial charge in [0, 0.05) is 11.5 Å². The molecule has 1 fully saturated rings. The number of aromatic nitrogens is 2. The lowest BCUT2D eigenvalue weighted by atomic mass is 10.1. The third-order valence-corrected chi connectivity index (χ3v) is 4.95. The third kappa shape index (κ3) is 2.32. The number of hydrogen-bond acceptors (Lipinski definition) is 4. The zero-order valence-corrected chi connectivity index (χ0v) is 12.1. The molecule has 1 saturated heterocycles. The molecule has 0 aromatic carbocycles. The fraction of sp³-hybridized carbons (Fsp3) is 0.571. The van der Waals surface area contributed by atoms with Crippen molar-refractivity contribution in [2.24, 2.45) is 0 Å². The first-order valence-corrected chi connectivity index (χ1v) is 7.55. The first-order valence-electron chi connectivity index (χ1n) is 6.73. The molecular formula is C14H18N2O2S. The normalized spacial score (nSPS) is 20.0. The maximum Gasteiger partial charge on any atom is 0.262 e. The fourth-order valence-electron chi connectivity index (χ4n) is 2.57. The molecule has 19 heavy (non-hydrogen) atoms. The van der Waals surface area contributed by atoms with Gasteiger partial charge in [0.1, 0.15) is 4.83 Å². The molecule has 1 aliphatic rings. The van der Waals surface area contributed by atoms with Crippen molar-refractivity contribution < 1.29 is 4.74 Å². The Morgan fingerprint density at radius 2 is 2.32 bits per heavy atom. The van der Waals surface area contributed by atoms with Crippen molar-refractivity contribution in [1.82, 2.24) is 9.55 Å². The van der Waals surface area contributed by atoms with E-state index in [1.807, 2.05) is 13.8 Å². The number of thiophene rings is 1. The maximum atomic E-state index is 12.5. The van der Waals surface area contributed by atoms with Crippen LogP contribution in [-0.4, -0.2) is 22.3 Å². The second-order valence-corrected chi connectivity index (χ2v) is 6.36. The summed E-state index contributed by atoms with van der Waals surface area (Å²) in [5.74, 6) is 0. The van der Waals surface area contributed by atoms with E-state index in [-0.39, 0.29) is 11.7 Å². The molecule has 2 aromatic rings. The van der Waals surface area contributed by atoms with Gasteiger partial charge in [-0.05, 0) is 38.7 Å². The number of aryl methyl sites for hydroxylation is 2. The lowest BCUT2D eigenvalue weighted by molar-refractivity contribution is 0.00535. The minimum absolute atomic E-state index is 0.0704. The van der Waals surface area contributed by atoms with Crippen LogP contribution in [0.1, 0.15) is 29.7 Å². The van der Waals surface area contributed by atoms with Crippen LogP contribution in [-0.2, 0) is 11.3 Å². The molecule has 3 rings (SSSR count). The number of nitrogens with zero attached hydrogens (tertiary/aromatic N) is 2. The summed E-state index contributed by atoms with van der Waals surface area (Å²) in [6.07, 6.45) is 5.17. The van der Waals surface area contributed by atoms with Crippen LogP contribution in [0.25, 0.3) is 10.2 Å². The number of hydrogen-bond donors (Lipinski definition) is 0. The molecule has 1 unspecified atom stereocenters. The number of ether oxygens (including phenoxy) is 1. The molecule has 0 radical (unpaired) electrons. The smallest absolute Gasteiger partial charge is 0.262 e. The Hall–Kier alpha value is -1.20. The van der Waals surface area contributed by atoms with Crippen molar-refractivity contribution in [3.05, 3.63) is 27.1 Å². The molecule has 1 aliphatic heterocycles. The Morgan fingerprint density at radius 1 is 1.47 bits per heavy atom. The Balaban J connectivity index is 1.98. The predicted molar refractivity (Wildman–Crippen MR) is 76.9 cm³/mol. The van der Waals surface area contributed by atoms with Gasteiger partial charge in [-0.25, -0.2) is 4.98 Å². The Kier molecular flexibility index (Phi) is 3.41. The summed E-state index contributed by atoms with van der Waals surface area (Å²) in [5, 5.41) is 0.779. The predicted octanol–water partition coefficient (Wildman–Crippen LogP) is 2.64. The van der Waals surface area contributed by atoms with Gasteiger partial charge in [-0.3, -0.25) is 9.36 Å². The highest BCUT2D eigenvalue weighted by Gasteiger charge is 2.17. The molecule has 1 atom stereocenters. The van der Waals surface area contributed by atoms with Gasteiger partial charge in [-0.15, -0.1) is 11.3 Å². The van der Waals surface area contributed by atoms with E-state index in [1.54, 1.807) is 22.2 Å². The van der Waals surface area contributed by atoms with Crippen LogP contribution in [0.4, 0.5) is 0 Å². The van der Waals surface area contributed by atoms with Crippen LogP contribution in [0, 0.1) is 13.8 Å². The summed E-state index contributed by atoms with van der Waals surface area (Å²) >= 11 is 1.59. The van der Waals surface area contributed by atoms with Crippen LogP contribution in [0.15, 0.2) is 11.1 Å². The van der Waals surface area contributed by atoms with Crippen molar-refractivity contribution in [1.29, 1.82) is 0 Å². The minimum Gasteiger partial charge on any atom is -0.376 e. The average Bonchev–Trinajstić information content (AvgIpc) is 2.71. The summed E-state index contributed by atoms with van der Waals surface area (Å²) in [6, 6.07) is 0. The van der Waals surface area contributed by atoms with E-state index in [2.05, 4.69) is 4.98 Å². The molecule has 4 nitrogen and oxygen atoms in total. The molecule has 0 bridgehead atoms. The van der Waals surface area contributed by atoms with Gasteiger partial charge in [0.2, 0.25) is 0 Å². The van der Waals surface area contributed by atoms with Gasteiger partial charge in [-0.2, -0.15) is 0 Å². The highest BCUT2D eigenvalue weighted by molar-refractivity contribution is 7.18. The van der Waals surface area contributed by atoms with Gasteiger partial charge in [0.25, 0.3) is 5.56 Å². The SMILES string of the molecule is Cc1sc2ncn(CC3CCCCO3)c(=O)c2c1C. The van der Waals surface area contributed by atoms with Gasteiger partial charge in [0.05, 0.1) is 24.4 Å². The quantitative estimate of drug-likeness (QED) is 0.848. The summed E-state index contributed by atoms with van der Waals surface area (Å²) in [4.78, 5) is 18.9. The zero-order valence-electron chi connectivity index (χ0n) is 11.3. The molecular weight excluding hydrogens is 260 g/mol. The van der Waals surface area contributed by atoms with Crippen molar-refractivity contribution in [3.63, 3.8) is 0 Å². The highest BCUT2D eigenvalue weighted by Crippen LogP contribution is 2.25. The lowest BCUT2D eigenvalue weighted by Crippen LogP contribution is -2.30. The van der Waals surface area contributed by atoms with Crippen LogP contribution in [0.5, 0.6) is 0 Å². The first-order chi connectivity index (χ1) is 9.16. The monoisotopic (exact) mass is 278 g/mol. The van der Waals surface area contributed by atoms with Crippen LogP contribution in [0.2, 0.25) is 0 Å². The molecule has 0 spiro atoms. The molecule has 0 N–H and O–H groups in total. The van der Waals surface area contributed by atoms with E-state index in [0.717, 1.165) is 35.2 Å². The summed E-state index contributed by atoms with van der Waals surface area (Å²) in [6.45, 7) is 5.47. The van der Waals surface area contributed by atoms with Gasteiger partial charge in [0.15, 0.2) is 0 Å². The van der Waals surface area contributed by atoms with Gasteiger partial charge < -0.3 is 4.74 Å². The summed E-state index contributed by atoms with van der Waals surface area (Å²) in [7, 11) is 0. The Labute approximate surface area is 116 Å². The van der Waals surface area contributed by atoms with E-state index < -0.39 is 0 Å². The van der Waals surface area contributed by atoms with E-state index in [0.29, 0.717) is 6.54 Å². The van der Waals surface area contributed by atoms with Crippen LogP contribution >= 0.6 is 11.3 Å². The molecule has 3 heterocycles. The second kappa shape index (κ2) is 5.06. The highest BCUT2D eigenvalue weighted by atomic mass is 32.1.